The maximum Gasteiger partial charge on any atom is 0.340 e. The van der Waals surface area contributed by atoms with E-state index in [0.29, 0.717) is 22.9 Å². The van der Waals surface area contributed by atoms with Gasteiger partial charge in [0.25, 0.3) is 5.69 Å². The summed E-state index contributed by atoms with van der Waals surface area (Å²) in [4.78, 5) is 22.7. The van der Waals surface area contributed by atoms with Gasteiger partial charge in [-0.3, -0.25) is 10.1 Å². The van der Waals surface area contributed by atoms with Crippen molar-refractivity contribution in [3.05, 3.63) is 64.0 Å². The van der Waals surface area contributed by atoms with Gasteiger partial charge in [0.05, 0.1) is 23.4 Å². The zero-order chi connectivity index (χ0) is 19.2. The first-order valence-corrected chi connectivity index (χ1v) is 7.88. The van der Waals surface area contributed by atoms with E-state index in [2.05, 4.69) is 10.5 Å². The number of aromatic nitrogens is 1. The van der Waals surface area contributed by atoms with Crippen molar-refractivity contribution in [2.75, 3.05) is 18.5 Å². The molecule has 0 amide bonds. The predicted molar refractivity (Wildman–Crippen MR) is 92.0 cm³/mol. The minimum absolute atomic E-state index is 0.0209. The monoisotopic (exact) mass is 373 g/mol. The summed E-state index contributed by atoms with van der Waals surface area (Å²) in [6.45, 7) is -0.182. The number of nitrogens with zero attached hydrogens (tertiary/aromatic N) is 2. The number of nitro groups is 1. The van der Waals surface area contributed by atoms with Crippen molar-refractivity contribution in [2.45, 2.75) is 6.61 Å². The Hall–Kier alpha value is -3.66. The smallest absolute Gasteiger partial charge is 0.340 e. The summed E-state index contributed by atoms with van der Waals surface area (Å²) in [6, 6.07) is 8.70. The summed E-state index contributed by atoms with van der Waals surface area (Å²) in [6.07, 6.45) is 1.49. The lowest BCUT2D eigenvalue weighted by Crippen LogP contribution is -2.13. The van der Waals surface area contributed by atoms with Gasteiger partial charge in [-0.2, -0.15) is 0 Å². The molecule has 0 radical (unpaired) electrons. The molecule has 0 unspecified atom stereocenters. The van der Waals surface area contributed by atoms with Crippen molar-refractivity contribution >= 4 is 17.3 Å². The number of rotatable bonds is 8. The standard InChI is InChI=1S/C17H15N3O7/c21-6-5-18-14-4-3-12(20(23)24)9-13(14)17(22)26-10-11-8-16(27-19-11)15-2-1-7-25-15/h1-4,7-9,18,21H,5-6,10H2. The molecule has 3 aromatic rings. The highest BCUT2D eigenvalue weighted by atomic mass is 16.6. The van der Waals surface area contributed by atoms with Gasteiger partial charge in [0.15, 0.2) is 5.76 Å². The first kappa shape index (κ1) is 18.1. The Morgan fingerprint density at radius 1 is 1.30 bits per heavy atom. The molecule has 10 nitrogen and oxygen atoms in total. The maximum absolute atomic E-state index is 12.4. The second-order valence-corrected chi connectivity index (χ2v) is 5.37. The molecule has 0 fully saturated rings. The summed E-state index contributed by atoms with van der Waals surface area (Å²) >= 11 is 0. The number of ether oxygens (including phenoxy) is 1. The predicted octanol–water partition coefficient (Wildman–Crippen LogP) is 2.60. The molecule has 2 N–H and O–H groups in total. The number of nitrogens with one attached hydrogen (secondary N) is 1. The zero-order valence-electron chi connectivity index (χ0n) is 14.0. The van der Waals surface area contributed by atoms with Crippen LogP contribution in [0.2, 0.25) is 0 Å². The highest BCUT2D eigenvalue weighted by molar-refractivity contribution is 5.96. The third kappa shape index (κ3) is 4.30. The Morgan fingerprint density at radius 2 is 2.15 bits per heavy atom. The van der Waals surface area contributed by atoms with E-state index >= 15 is 0 Å². The number of non-ortho nitro benzene ring substituents is 1. The zero-order valence-corrected chi connectivity index (χ0v) is 14.0. The second-order valence-electron chi connectivity index (χ2n) is 5.37. The quantitative estimate of drug-likeness (QED) is 0.346. The molecular weight excluding hydrogens is 358 g/mol. The van der Waals surface area contributed by atoms with Crippen molar-refractivity contribution in [1.82, 2.24) is 5.16 Å². The largest absolute Gasteiger partial charge is 0.461 e. The van der Waals surface area contributed by atoms with Crippen LogP contribution in [-0.2, 0) is 11.3 Å². The van der Waals surface area contributed by atoms with Gasteiger partial charge in [0.1, 0.15) is 12.3 Å². The Balaban J connectivity index is 1.73. The Bertz CT molecular complexity index is 934. The van der Waals surface area contributed by atoms with Gasteiger partial charge in [-0.15, -0.1) is 0 Å². The van der Waals surface area contributed by atoms with Gasteiger partial charge in [-0.25, -0.2) is 4.79 Å². The highest BCUT2D eigenvalue weighted by Crippen LogP contribution is 2.24. The Kier molecular flexibility index (Phi) is 5.47. The number of benzene rings is 1. The molecule has 140 valence electrons. The summed E-state index contributed by atoms with van der Waals surface area (Å²) in [5.41, 5.74) is 0.395. The maximum atomic E-state index is 12.4. The number of anilines is 1. The molecule has 10 heteroatoms. The van der Waals surface area contributed by atoms with Gasteiger partial charge >= 0.3 is 5.97 Å². The van der Waals surface area contributed by atoms with Crippen molar-refractivity contribution in [2.24, 2.45) is 0 Å². The minimum Gasteiger partial charge on any atom is -0.461 e. The molecule has 2 heterocycles. The molecule has 0 bridgehead atoms. The molecule has 2 aromatic heterocycles. The fourth-order valence-electron chi connectivity index (χ4n) is 2.29. The average Bonchev–Trinajstić information content (AvgIpc) is 3.35. The third-order valence-corrected chi connectivity index (χ3v) is 3.54. The van der Waals surface area contributed by atoms with E-state index in [1.165, 1.54) is 18.4 Å². The van der Waals surface area contributed by atoms with Crippen molar-refractivity contribution in [3.63, 3.8) is 0 Å². The topological polar surface area (TPSA) is 141 Å². The van der Waals surface area contributed by atoms with Crippen molar-refractivity contribution < 1.29 is 28.5 Å². The lowest BCUT2D eigenvalue weighted by atomic mass is 10.1. The van der Waals surface area contributed by atoms with E-state index in [-0.39, 0.29) is 31.0 Å². The number of nitro benzene ring substituents is 1. The summed E-state index contributed by atoms with van der Waals surface area (Å²) in [5, 5.41) is 26.5. The van der Waals surface area contributed by atoms with E-state index in [4.69, 9.17) is 18.8 Å². The van der Waals surface area contributed by atoms with Crippen LogP contribution in [0, 0.1) is 10.1 Å². The SMILES string of the molecule is O=C(OCc1cc(-c2ccco2)on1)c1cc([N+](=O)[O-])ccc1NCCO. The number of carbonyl (C=O) groups is 1. The molecular formula is C17H15N3O7. The van der Waals surface area contributed by atoms with Gasteiger partial charge in [-0.05, 0) is 18.2 Å². The van der Waals surface area contributed by atoms with Crippen LogP contribution < -0.4 is 5.32 Å². The van der Waals surface area contributed by atoms with E-state index in [1.807, 2.05) is 0 Å². The highest BCUT2D eigenvalue weighted by Gasteiger charge is 2.19. The molecule has 3 rings (SSSR count). The molecule has 0 aliphatic rings. The van der Waals surface area contributed by atoms with Crippen LogP contribution in [0.1, 0.15) is 16.1 Å². The number of carbonyl (C=O) groups excluding carboxylic acids is 1. The van der Waals surface area contributed by atoms with Crippen LogP contribution in [0.25, 0.3) is 11.5 Å². The number of aliphatic hydroxyl groups is 1. The molecule has 1 aromatic carbocycles. The molecule has 0 atom stereocenters. The fourth-order valence-corrected chi connectivity index (χ4v) is 2.29. The van der Waals surface area contributed by atoms with Crippen LogP contribution in [0.4, 0.5) is 11.4 Å². The first-order valence-electron chi connectivity index (χ1n) is 7.88. The summed E-state index contributed by atoms with van der Waals surface area (Å²) in [7, 11) is 0. The number of esters is 1. The molecule has 0 aliphatic heterocycles. The summed E-state index contributed by atoms with van der Waals surface area (Å²) in [5.74, 6) is 0.0858. The van der Waals surface area contributed by atoms with Crippen LogP contribution in [0.3, 0.4) is 0 Å². The van der Waals surface area contributed by atoms with E-state index < -0.39 is 10.9 Å². The number of hydrogen-bond donors (Lipinski definition) is 2. The number of hydrogen-bond acceptors (Lipinski definition) is 9. The number of aliphatic hydroxyl groups excluding tert-OH is 1. The normalized spacial score (nSPS) is 10.6. The Morgan fingerprint density at radius 3 is 2.85 bits per heavy atom. The second kappa shape index (κ2) is 8.15. The van der Waals surface area contributed by atoms with Crippen LogP contribution in [-0.4, -0.2) is 34.3 Å². The lowest BCUT2D eigenvalue weighted by molar-refractivity contribution is -0.384. The molecule has 0 saturated carbocycles. The van der Waals surface area contributed by atoms with Crippen LogP contribution in [0.15, 0.2) is 51.6 Å². The van der Waals surface area contributed by atoms with E-state index in [0.717, 1.165) is 6.07 Å². The average molecular weight is 373 g/mol. The molecule has 0 saturated heterocycles. The minimum atomic E-state index is -0.776. The molecule has 27 heavy (non-hydrogen) atoms. The van der Waals surface area contributed by atoms with Crippen LogP contribution >= 0.6 is 0 Å². The van der Waals surface area contributed by atoms with Gasteiger partial charge in [0, 0.05) is 30.4 Å². The lowest BCUT2D eigenvalue weighted by Gasteiger charge is -2.10. The Labute approximate surface area is 152 Å². The summed E-state index contributed by atoms with van der Waals surface area (Å²) < 4.78 is 15.5. The van der Waals surface area contributed by atoms with Crippen molar-refractivity contribution in [1.29, 1.82) is 0 Å². The van der Waals surface area contributed by atoms with Crippen LogP contribution in [0.5, 0.6) is 0 Å². The van der Waals surface area contributed by atoms with Gasteiger partial charge in [-0.1, -0.05) is 5.16 Å². The third-order valence-electron chi connectivity index (χ3n) is 3.54. The molecule has 0 aliphatic carbocycles. The number of furan rings is 1. The fraction of sp³-hybridized carbons (Fsp3) is 0.176. The van der Waals surface area contributed by atoms with Crippen molar-refractivity contribution in [3.8, 4) is 11.5 Å². The first-order chi connectivity index (χ1) is 13.1. The van der Waals surface area contributed by atoms with E-state index in [1.54, 1.807) is 18.2 Å². The van der Waals surface area contributed by atoms with Gasteiger partial charge in [0.2, 0.25) is 5.76 Å². The molecule has 0 spiro atoms. The van der Waals surface area contributed by atoms with E-state index in [9.17, 15) is 14.9 Å². The van der Waals surface area contributed by atoms with Gasteiger partial charge < -0.3 is 24.1 Å².